The van der Waals surface area contributed by atoms with Gasteiger partial charge >= 0.3 is 0 Å². The maximum Gasteiger partial charge on any atom is 0.246 e. The van der Waals surface area contributed by atoms with E-state index in [-0.39, 0.29) is 10.9 Å². The minimum atomic E-state index is -3.51. The van der Waals surface area contributed by atoms with Gasteiger partial charge in [-0.1, -0.05) is 13.8 Å². The molecule has 0 amide bonds. The maximum absolute atomic E-state index is 12.6. The van der Waals surface area contributed by atoms with Crippen molar-refractivity contribution in [3.63, 3.8) is 0 Å². The molecule has 0 radical (unpaired) electrons. The zero-order chi connectivity index (χ0) is 14.5. The first-order valence-corrected chi connectivity index (χ1v) is 8.08. The Kier molecular flexibility index (Phi) is 5.75. The van der Waals surface area contributed by atoms with Gasteiger partial charge in [0.2, 0.25) is 10.0 Å². The van der Waals surface area contributed by atoms with Crippen LogP contribution in [0.15, 0.2) is 23.4 Å². The van der Waals surface area contributed by atoms with Crippen molar-refractivity contribution >= 4 is 15.7 Å². The topological polar surface area (TPSA) is 62.3 Å². The van der Waals surface area contributed by atoms with Crippen LogP contribution in [0.25, 0.3) is 0 Å². The number of aromatic nitrogens is 1. The second-order valence-electron chi connectivity index (χ2n) is 4.39. The van der Waals surface area contributed by atoms with Crippen molar-refractivity contribution in [2.45, 2.75) is 44.6 Å². The molecule has 6 heteroatoms. The number of rotatable bonds is 7. The number of anilines is 1. The van der Waals surface area contributed by atoms with Crippen molar-refractivity contribution in [2.75, 3.05) is 18.9 Å². The second kappa shape index (κ2) is 6.86. The number of nitrogens with zero attached hydrogens (tertiary/aromatic N) is 2. The van der Waals surface area contributed by atoms with Gasteiger partial charge in [-0.2, -0.15) is 4.31 Å². The molecule has 5 nitrogen and oxygen atoms in total. The molecule has 0 aliphatic carbocycles. The molecule has 0 bridgehead atoms. The number of nitrogens with one attached hydrogen (secondary N) is 1. The Morgan fingerprint density at radius 1 is 1.32 bits per heavy atom. The van der Waals surface area contributed by atoms with E-state index in [1.54, 1.807) is 19.3 Å². The Morgan fingerprint density at radius 2 is 1.95 bits per heavy atom. The first-order chi connectivity index (χ1) is 8.98. The van der Waals surface area contributed by atoms with Crippen LogP contribution >= 0.6 is 0 Å². The summed E-state index contributed by atoms with van der Waals surface area (Å²) in [7, 11) is -1.87. The molecule has 0 aliphatic rings. The van der Waals surface area contributed by atoms with Crippen LogP contribution in [-0.4, -0.2) is 37.3 Å². The average Bonchev–Trinajstić information content (AvgIpc) is 2.41. The quantitative estimate of drug-likeness (QED) is 0.835. The van der Waals surface area contributed by atoms with Crippen molar-refractivity contribution in [1.82, 2.24) is 9.29 Å². The van der Waals surface area contributed by atoms with Gasteiger partial charge < -0.3 is 5.32 Å². The van der Waals surface area contributed by atoms with Crippen molar-refractivity contribution in [3.05, 3.63) is 18.5 Å². The van der Waals surface area contributed by atoms with E-state index in [2.05, 4.69) is 10.3 Å². The van der Waals surface area contributed by atoms with Gasteiger partial charge in [0, 0.05) is 32.0 Å². The highest BCUT2D eigenvalue weighted by Crippen LogP contribution is 2.25. The maximum atomic E-state index is 12.6. The van der Waals surface area contributed by atoms with E-state index < -0.39 is 10.0 Å². The minimum Gasteiger partial charge on any atom is -0.384 e. The number of hydrogen-bond donors (Lipinski definition) is 1. The molecule has 1 aromatic heterocycles. The zero-order valence-corrected chi connectivity index (χ0v) is 12.9. The molecule has 0 fully saturated rings. The third kappa shape index (κ3) is 3.45. The molecule has 108 valence electrons. The predicted octanol–water partition coefficient (Wildman–Crippen LogP) is 2.32. The normalized spacial score (nSPS) is 12.1. The molecule has 1 aromatic rings. The SMILES string of the molecule is CCNc1ccncc1S(=O)(=O)N(C)C(CC)CC. The fraction of sp³-hybridized carbons (Fsp3) is 0.615. The second-order valence-corrected chi connectivity index (χ2v) is 6.36. The first kappa shape index (κ1) is 15.9. The smallest absolute Gasteiger partial charge is 0.246 e. The summed E-state index contributed by atoms with van der Waals surface area (Å²) in [6, 6.07) is 1.71. The molecule has 0 spiro atoms. The standard InChI is InChI=1S/C13H23N3O2S/c1-5-11(6-2)16(4)19(17,18)13-10-14-9-8-12(13)15-7-3/h8-11H,5-7H2,1-4H3,(H,14,15). The molecule has 0 aromatic carbocycles. The molecular weight excluding hydrogens is 262 g/mol. The first-order valence-electron chi connectivity index (χ1n) is 6.64. The largest absolute Gasteiger partial charge is 0.384 e. The summed E-state index contributed by atoms with van der Waals surface area (Å²) >= 11 is 0. The van der Waals surface area contributed by atoms with Crippen LogP contribution in [0.1, 0.15) is 33.6 Å². The van der Waals surface area contributed by atoms with Crippen molar-refractivity contribution in [3.8, 4) is 0 Å². The van der Waals surface area contributed by atoms with Crippen LogP contribution in [0.4, 0.5) is 5.69 Å². The van der Waals surface area contributed by atoms with Crippen LogP contribution in [0.3, 0.4) is 0 Å². The summed E-state index contributed by atoms with van der Waals surface area (Å²) in [6.45, 7) is 6.59. The molecular formula is C13H23N3O2S. The number of hydrogen-bond acceptors (Lipinski definition) is 4. The lowest BCUT2D eigenvalue weighted by molar-refractivity contribution is 0.350. The van der Waals surface area contributed by atoms with Gasteiger partial charge in [-0.05, 0) is 25.8 Å². The Labute approximate surface area is 116 Å². The summed E-state index contributed by atoms with van der Waals surface area (Å²) < 4.78 is 26.7. The molecule has 1 rings (SSSR count). The summed E-state index contributed by atoms with van der Waals surface area (Å²) in [5.74, 6) is 0. The van der Waals surface area contributed by atoms with Gasteiger partial charge in [0.25, 0.3) is 0 Å². The van der Waals surface area contributed by atoms with Gasteiger partial charge in [0.15, 0.2) is 0 Å². The van der Waals surface area contributed by atoms with Crippen LogP contribution in [0, 0.1) is 0 Å². The molecule has 0 atom stereocenters. The summed E-state index contributed by atoms with van der Waals surface area (Å²) in [4.78, 5) is 4.18. The Balaban J connectivity index is 3.19. The average molecular weight is 285 g/mol. The van der Waals surface area contributed by atoms with E-state index in [9.17, 15) is 8.42 Å². The van der Waals surface area contributed by atoms with Gasteiger partial charge in [-0.3, -0.25) is 4.98 Å². The van der Waals surface area contributed by atoms with Crippen molar-refractivity contribution in [1.29, 1.82) is 0 Å². The fourth-order valence-corrected chi connectivity index (χ4v) is 3.69. The van der Waals surface area contributed by atoms with E-state index >= 15 is 0 Å². The Bertz CT molecular complexity index is 498. The molecule has 19 heavy (non-hydrogen) atoms. The zero-order valence-electron chi connectivity index (χ0n) is 12.0. The molecule has 0 aliphatic heterocycles. The Morgan fingerprint density at radius 3 is 2.47 bits per heavy atom. The van der Waals surface area contributed by atoms with Crippen molar-refractivity contribution < 1.29 is 8.42 Å². The fourth-order valence-electron chi connectivity index (χ4n) is 2.08. The molecule has 1 heterocycles. The monoisotopic (exact) mass is 285 g/mol. The van der Waals surface area contributed by atoms with E-state index in [4.69, 9.17) is 0 Å². The highest BCUT2D eigenvalue weighted by atomic mass is 32.2. The summed E-state index contributed by atoms with van der Waals surface area (Å²) in [6.07, 6.45) is 4.59. The van der Waals surface area contributed by atoms with E-state index in [1.165, 1.54) is 10.5 Å². The van der Waals surface area contributed by atoms with Gasteiger partial charge in [0.05, 0.1) is 5.69 Å². The third-order valence-electron chi connectivity index (χ3n) is 3.27. The minimum absolute atomic E-state index is 0.0136. The summed E-state index contributed by atoms with van der Waals surface area (Å²) in [5, 5.41) is 3.07. The molecule has 1 N–H and O–H groups in total. The number of sulfonamides is 1. The predicted molar refractivity (Wildman–Crippen MR) is 77.7 cm³/mol. The van der Waals surface area contributed by atoms with E-state index in [1.807, 2.05) is 20.8 Å². The highest BCUT2D eigenvalue weighted by Gasteiger charge is 2.28. The van der Waals surface area contributed by atoms with Crippen LogP contribution in [-0.2, 0) is 10.0 Å². The van der Waals surface area contributed by atoms with Gasteiger partial charge in [0.1, 0.15) is 4.90 Å². The highest BCUT2D eigenvalue weighted by molar-refractivity contribution is 7.89. The van der Waals surface area contributed by atoms with Gasteiger partial charge in [-0.15, -0.1) is 0 Å². The van der Waals surface area contributed by atoms with E-state index in [0.717, 1.165) is 12.8 Å². The third-order valence-corrected chi connectivity index (χ3v) is 5.20. The molecule has 0 saturated heterocycles. The van der Waals surface area contributed by atoms with Crippen LogP contribution in [0.2, 0.25) is 0 Å². The lowest BCUT2D eigenvalue weighted by Gasteiger charge is -2.26. The van der Waals surface area contributed by atoms with Crippen LogP contribution in [0.5, 0.6) is 0 Å². The number of pyridine rings is 1. The Hall–Kier alpha value is -1.14. The molecule has 0 unspecified atom stereocenters. The lowest BCUT2D eigenvalue weighted by atomic mass is 10.2. The molecule has 0 saturated carbocycles. The van der Waals surface area contributed by atoms with Gasteiger partial charge in [-0.25, -0.2) is 8.42 Å². The van der Waals surface area contributed by atoms with Crippen molar-refractivity contribution in [2.24, 2.45) is 0 Å². The lowest BCUT2D eigenvalue weighted by Crippen LogP contribution is -2.36. The summed E-state index contributed by atoms with van der Waals surface area (Å²) in [5.41, 5.74) is 0.607. The van der Waals surface area contributed by atoms with Crippen LogP contribution < -0.4 is 5.32 Å². The van der Waals surface area contributed by atoms with E-state index in [0.29, 0.717) is 12.2 Å².